The number of hydrogen-bond acceptors (Lipinski definition) is 2. The van der Waals surface area contributed by atoms with Crippen LogP contribution in [0, 0.1) is 5.92 Å². The normalized spacial score (nSPS) is 16.4. The molecule has 1 aliphatic rings. The molecule has 1 saturated carbocycles. The van der Waals surface area contributed by atoms with E-state index in [0.717, 1.165) is 12.8 Å². The largest absolute Gasteiger partial charge is 0.388 e. The summed E-state index contributed by atoms with van der Waals surface area (Å²) >= 11 is 0. The zero-order valence-corrected chi connectivity index (χ0v) is 18.7. The first-order valence-electron chi connectivity index (χ1n) is 12.1. The van der Waals surface area contributed by atoms with E-state index >= 15 is 0 Å². The summed E-state index contributed by atoms with van der Waals surface area (Å²) in [6.45, 7) is 0. The van der Waals surface area contributed by atoms with Gasteiger partial charge in [-0.3, -0.25) is 0 Å². The minimum absolute atomic E-state index is 0.249. The Labute approximate surface area is 191 Å². The van der Waals surface area contributed by atoms with E-state index in [4.69, 9.17) is 5.73 Å². The van der Waals surface area contributed by atoms with Gasteiger partial charge in [0, 0.05) is 18.9 Å². The van der Waals surface area contributed by atoms with E-state index in [1.165, 1.54) is 51.9 Å². The summed E-state index contributed by atoms with van der Waals surface area (Å²) in [7, 11) is 0. The Bertz CT molecular complexity index is 1120. The molecule has 3 N–H and O–H groups in total. The monoisotopic (exact) mass is 423 g/mol. The minimum atomic E-state index is -1.00. The van der Waals surface area contributed by atoms with E-state index in [1.807, 2.05) is 0 Å². The molecule has 4 aromatic carbocycles. The van der Waals surface area contributed by atoms with E-state index in [-0.39, 0.29) is 6.04 Å². The van der Waals surface area contributed by atoms with Gasteiger partial charge < -0.3 is 10.8 Å². The van der Waals surface area contributed by atoms with Crippen LogP contribution in [0.2, 0.25) is 0 Å². The molecule has 0 bridgehead atoms. The van der Waals surface area contributed by atoms with Crippen LogP contribution in [-0.2, 0) is 12.8 Å². The van der Waals surface area contributed by atoms with Crippen molar-refractivity contribution in [3.63, 3.8) is 0 Å². The molecule has 5 rings (SSSR count). The van der Waals surface area contributed by atoms with Gasteiger partial charge in [-0.05, 0) is 51.4 Å². The summed E-state index contributed by atoms with van der Waals surface area (Å²) in [4.78, 5) is 0. The highest BCUT2D eigenvalue weighted by Crippen LogP contribution is 2.36. The van der Waals surface area contributed by atoms with Gasteiger partial charge in [0.05, 0.1) is 5.60 Å². The van der Waals surface area contributed by atoms with Crippen LogP contribution in [0.5, 0.6) is 0 Å². The van der Waals surface area contributed by atoms with Gasteiger partial charge in [-0.2, -0.15) is 0 Å². The van der Waals surface area contributed by atoms with Gasteiger partial charge in [0.15, 0.2) is 0 Å². The van der Waals surface area contributed by atoms with Crippen molar-refractivity contribution >= 4 is 21.5 Å². The summed E-state index contributed by atoms with van der Waals surface area (Å²) in [5.74, 6) is 0.374. The zero-order valence-electron chi connectivity index (χ0n) is 18.7. The molecular weight excluding hydrogens is 390 g/mol. The third-order valence-electron chi connectivity index (χ3n) is 7.53. The van der Waals surface area contributed by atoms with Crippen molar-refractivity contribution in [1.82, 2.24) is 0 Å². The van der Waals surface area contributed by atoms with Crippen molar-refractivity contribution in [2.75, 3.05) is 0 Å². The van der Waals surface area contributed by atoms with Gasteiger partial charge >= 0.3 is 0 Å². The lowest BCUT2D eigenvalue weighted by Crippen LogP contribution is -2.55. The average Bonchev–Trinajstić information content (AvgIpc) is 2.84. The molecule has 0 heterocycles. The Morgan fingerprint density at radius 2 is 1.16 bits per heavy atom. The van der Waals surface area contributed by atoms with Crippen molar-refractivity contribution in [2.45, 2.75) is 56.6 Å². The van der Waals surface area contributed by atoms with Crippen LogP contribution in [0.3, 0.4) is 0 Å². The SMILES string of the molecule is N[C@H](C1CCCCC1)C(O)(Cc1cccc2ccccc12)Cc1cccc2ccccc12. The first kappa shape index (κ1) is 21.2. The van der Waals surface area contributed by atoms with Crippen molar-refractivity contribution < 1.29 is 5.11 Å². The van der Waals surface area contributed by atoms with Crippen LogP contribution >= 0.6 is 0 Å². The smallest absolute Gasteiger partial charge is 0.0881 e. The molecule has 4 aromatic rings. The Morgan fingerprint density at radius 1 is 0.688 bits per heavy atom. The van der Waals surface area contributed by atoms with E-state index in [0.29, 0.717) is 18.8 Å². The maximum absolute atomic E-state index is 12.3. The first-order chi connectivity index (χ1) is 15.6. The highest BCUT2D eigenvalue weighted by molar-refractivity contribution is 5.86. The predicted molar refractivity (Wildman–Crippen MR) is 135 cm³/mol. The zero-order chi connectivity index (χ0) is 22.0. The standard InChI is InChI=1S/C30H33NO/c31-29(24-12-2-1-3-13-24)30(32,20-25-16-8-14-22-10-4-6-18-27(22)25)21-26-17-9-15-23-11-5-7-19-28(23)26/h4-11,14-19,24,29,32H,1-3,12-13,20-21,31H2/t29-/m1/s1. The number of rotatable bonds is 6. The van der Waals surface area contributed by atoms with Crippen LogP contribution in [0.25, 0.3) is 21.5 Å². The van der Waals surface area contributed by atoms with Crippen LogP contribution in [0.4, 0.5) is 0 Å². The average molecular weight is 424 g/mol. The Kier molecular flexibility index (Phi) is 5.99. The molecule has 0 amide bonds. The van der Waals surface area contributed by atoms with Crippen LogP contribution < -0.4 is 5.73 Å². The van der Waals surface area contributed by atoms with E-state index in [1.54, 1.807) is 0 Å². The molecule has 0 aromatic heterocycles. The molecule has 1 atom stereocenters. The topological polar surface area (TPSA) is 46.2 Å². The van der Waals surface area contributed by atoms with Gasteiger partial charge in [-0.1, -0.05) is 104 Å². The quantitative estimate of drug-likeness (QED) is 0.376. The van der Waals surface area contributed by atoms with Crippen LogP contribution in [-0.4, -0.2) is 16.7 Å². The van der Waals surface area contributed by atoms with Crippen molar-refractivity contribution in [3.05, 3.63) is 96.1 Å². The maximum atomic E-state index is 12.3. The molecule has 0 spiro atoms. The Morgan fingerprint density at radius 3 is 1.69 bits per heavy atom. The lowest BCUT2D eigenvalue weighted by atomic mass is 9.72. The highest BCUT2D eigenvalue weighted by atomic mass is 16.3. The molecule has 32 heavy (non-hydrogen) atoms. The number of nitrogens with two attached hydrogens (primary N) is 1. The molecule has 0 radical (unpaired) electrons. The van der Waals surface area contributed by atoms with Crippen LogP contribution in [0.1, 0.15) is 43.2 Å². The Hall–Kier alpha value is -2.68. The van der Waals surface area contributed by atoms with Gasteiger partial charge in [0.1, 0.15) is 0 Å². The summed E-state index contributed by atoms with van der Waals surface area (Å²) in [5.41, 5.74) is 8.31. The fourth-order valence-electron chi connectivity index (χ4n) is 5.78. The third kappa shape index (κ3) is 4.18. The van der Waals surface area contributed by atoms with Gasteiger partial charge in [0.2, 0.25) is 0 Å². The summed E-state index contributed by atoms with van der Waals surface area (Å²) in [5, 5.41) is 17.2. The van der Waals surface area contributed by atoms with Crippen molar-refractivity contribution in [2.24, 2.45) is 11.7 Å². The number of hydrogen-bond donors (Lipinski definition) is 2. The first-order valence-corrected chi connectivity index (χ1v) is 12.1. The molecule has 1 fully saturated rings. The maximum Gasteiger partial charge on any atom is 0.0881 e. The van der Waals surface area contributed by atoms with Crippen LogP contribution in [0.15, 0.2) is 84.9 Å². The molecule has 0 saturated heterocycles. The second kappa shape index (κ2) is 9.05. The van der Waals surface area contributed by atoms with Crippen molar-refractivity contribution in [3.8, 4) is 0 Å². The second-order valence-electron chi connectivity index (χ2n) is 9.66. The molecule has 0 aliphatic heterocycles. The molecular formula is C30H33NO. The summed E-state index contributed by atoms with van der Waals surface area (Å²) in [6.07, 6.45) is 7.09. The highest BCUT2D eigenvalue weighted by Gasteiger charge is 2.40. The number of benzene rings is 4. The Balaban J connectivity index is 1.56. The van der Waals surface area contributed by atoms with E-state index < -0.39 is 5.60 Å². The fraction of sp³-hybridized carbons (Fsp3) is 0.333. The fourth-order valence-corrected chi connectivity index (χ4v) is 5.78. The van der Waals surface area contributed by atoms with E-state index in [2.05, 4.69) is 84.9 Å². The number of fused-ring (bicyclic) bond motifs is 2. The molecule has 1 aliphatic carbocycles. The molecule has 0 unspecified atom stereocenters. The third-order valence-corrected chi connectivity index (χ3v) is 7.53. The molecule has 164 valence electrons. The number of aliphatic hydroxyl groups is 1. The lowest BCUT2D eigenvalue weighted by molar-refractivity contribution is -0.0100. The minimum Gasteiger partial charge on any atom is -0.388 e. The van der Waals surface area contributed by atoms with Gasteiger partial charge in [-0.25, -0.2) is 0 Å². The van der Waals surface area contributed by atoms with Gasteiger partial charge in [0.25, 0.3) is 0 Å². The lowest BCUT2D eigenvalue weighted by Gasteiger charge is -2.41. The molecule has 2 heteroatoms. The second-order valence-corrected chi connectivity index (χ2v) is 9.66. The predicted octanol–water partition coefficient (Wildman–Crippen LogP) is 6.42. The van der Waals surface area contributed by atoms with E-state index in [9.17, 15) is 5.11 Å². The van der Waals surface area contributed by atoms with Gasteiger partial charge in [-0.15, -0.1) is 0 Å². The van der Waals surface area contributed by atoms with Crippen molar-refractivity contribution in [1.29, 1.82) is 0 Å². The summed E-state index contributed by atoms with van der Waals surface area (Å²) in [6, 6.07) is 29.5. The summed E-state index contributed by atoms with van der Waals surface area (Å²) < 4.78 is 0. The molecule has 2 nitrogen and oxygen atoms in total.